The number of rotatable bonds is 6. The van der Waals surface area contributed by atoms with Crippen LogP contribution in [0.3, 0.4) is 0 Å². The minimum Gasteiger partial charge on any atom is -0.349 e. The first kappa shape index (κ1) is 16.9. The molecule has 3 rings (SSSR count). The third kappa shape index (κ3) is 3.76. The van der Waals surface area contributed by atoms with Crippen molar-refractivity contribution in [2.24, 2.45) is 0 Å². The van der Waals surface area contributed by atoms with Gasteiger partial charge in [-0.15, -0.1) is 11.6 Å². The standard InChI is InChI=1S/C17H21ClN4O2/c18-11-16(23)19-12-15-13-5-1-2-6-14(13)17(24)22(20-15)10-9-21-7-3-4-8-21/h1-2,5-6H,3-4,7-12H2,(H,19,23). The molecular formula is C17H21ClN4O2. The van der Waals surface area contributed by atoms with E-state index in [2.05, 4.69) is 15.3 Å². The van der Waals surface area contributed by atoms with Crippen molar-refractivity contribution in [3.05, 3.63) is 40.3 Å². The molecule has 0 atom stereocenters. The zero-order chi connectivity index (χ0) is 16.9. The number of nitrogens with zero attached hydrogens (tertiary/aromatic N) is 3. The van der Waals surface area contributed by atoms with Gasteiger partial charge in [-0.1, -0.05) is 18.2 Å². The molecule has 0 radical (unpaired) electrons. The van der Waals surface area contributed by atoms with Crippen LogP contribution in [0.2, 0.25) is 0 Å². The largest absolute Gasteiger partial charge is 0.349 e. The minimum atomic E-state index is -0.252. The Balaban J connectivity index is 1.88. The molecule has 128 valence electrons. The van der Waals surface area contributed by atoms with E-state index in [9.17, 15) is 9.59 Å². The summed E-state index contributed by atoms with van der Waals surface area (Å²) in [7, 11) is 0. The fourth-order valence-electron chi connectivity index (χ4n) is 3.06. The molecule has 1 aromatic carbocycles. The van der Waals surface area contributed by atoms with Crippen LogP contribution in [-0.2, 0) is 17.9 Å². The summed E-state index contributed by atoms with van der Waals surface area (Å²) in [6.45, 7) is 3.80. The highest BCUT2D eigenvalue weighted by Gasteiger charge is 2.14. The Bertz CT molecular complexity index is 784. The summed E-state index contributed by atoms with van der Waals surface area (Å²) in [5.74, 6) is -0.343. The van der Waals surface area contributed by atoms with E-state index in [4.69, 9.17) is 11.6 Å². The van der Waals surface area contributed by atoms with Crippen LogP contribution in [0.15, 0.2) is 29.1 Å². The first-order valence-electron chi connectivity index (χ1n) is 8.23. The van der Waals surface area contributed by atoms with Gasteiger partial charge in [-0.05, 0) is 32.0 Å². The molecule has 0 aliphatic carbocycles. The first-order valence-corrected chi connectivity index (χ1v) is 8.76. The van der Waals surface area contributed by atoms with Crippen molar-refractivity contribution < 1.29 is 4.79 Å². The monoisotopic (exact) mass is 348 g/mol. The summed E-state index contributed by atoms with van der Waals surface area (Å²) in [6.07, 6.45) is 2.44. The van der Waals surface area contributed by atoms with Gasteiger partial charge < -0.3 is 10.2 Å². The van der Waals surface area contributed by atoms with Crippen LogP contribution < -0.4 is 10.9 Å². The topological polar surface area (TPSA) is 67.2 Å². The van der Waals surface area contributed by atoms with Crippen molar-refractivity contribution in [2.75, 3.05) is 25.5 Å². The van der Waals surface area contributed by atoms with Gasteiger partial charge in [-0.25, -0.2) is 4.68 Å². The number of likely N-dealkylation sites (tertiary alicyclic amines) is 1. The molecule has 0 spiro atoms. The van der Waals surface area contributed by atoms with E-state index in [1.54, 1.807) is 6.07 Å². The Morgan fingerprint density at radius 2 is 1.88 bits per heavy atom. The molecule has 0 unspecified atom stereocenters. The lowest BCUT2D eigenvalue weighted by Gasteiger charge is -2.16. The molecule has 0 saturated carbocycles. The number of hydrogen-bond acceptors (Lipinski definition) is 4. The lowest BCUT2D eigenvalue weighted by atomic mass is 10.1. The van der Waals surface area contributed by atoms with Gasteiger partial charge in [0, 0.05) is 11.9 Å². The zero-order valence-corrected chi connectivity index (χ0v) is 14.3. The van der Waals surface area contributed by atoms with Gasteiger partial charge in [0.2, 0.25) is 5.91 Å². The number of benzene rings is 1. The van der Waals surface area contributed by atoms with Crippen molar-refractivity contribution in [1.29, 1.82) is 0 Å². The smallest absolute Gasteiger partial charge is 0.274 e. The van der Waals surface area contributed by atoms with Crippen LogP contribution in [0.5, 0.6) is 0 Å². The normalized spacial score (nSPS) is 15.0. The predicted molar refractivity (Wildman–Crippen MR) is 94.2 cm³/mol. The Morgan fingerprint density at radius 1 is 1.17 bits per heavy atom. The molecule has 24 heavy (non-hydrogen) atoms. The van der Waals surface area contributed by atoms with Gasteiger partial charge in [0.25, 0.3) is 5.56 Å². The third-order valence-corrected chi connectivity index (χ3v) is 4.59. The Kier molecular flexibility index (Phi) is 5.48. The number of halogens is 1. The summed E-state index contributed by atoms with van der Waals surface area (Å²) in [6, 6.07) is 7.37. The maximum atomic E-state index is 12.7. The fraction of sp³-hybridized carbons (Fsp3) is 0.471. The maximum Gasteiger partial charge on any atom is 0.274 e. The number of nitrogens with one attached hydrogen (secondary N) is 1. The Hall–Kier alpha value is -1.92. The van der Waals surface area contributed by atoms with E-state index in [0.717, 1.165) is 25.0 Å². The van der Waals surface area contributed by atoms with E-state index in [1.807, 2.05) is 18.2 Å². The van der Waals surface area contributed by atoms with Gasteiger partial charge in [0.1, 0.15) is 5.88 Å². The van der Waals surface area contributed by atoms with E-state index in [1.165, 1.54) is 17.5 Å². The minimum absolute atomic E-state index is 0.0859. The van der Waals surface area contributed by atoms with Gasteiger partial charge in [-0.3, -0.25) is 9.59 Å². The van der Waals surface area contributed by atoms with Gasteiger partial charge in [0.15, 0.2) is 0 Å². The molecule has 2 heterocycles. The molecule has 1 saturated heterocycles. The van der Waals surface area contributed by atoms with E-state index in [-0.39, 0.29) is 23.9 Å². The lowest BCUT2D eigenvalue weighted by molar-refractivity contribution is -0.118. The highest BCUT2D eigenvalue weighted by molar-refractivity contribution is 6.27. The van der Waals surface area contributed by atoms with Crippen LogP contribution in [0.1, 0.15) is 18.5 Å². The number of amides is 1. The van der Waals surface area contributed by atoms with Crippen LogP contribution in [0.25, 0.3) is 10.8 Å². The van der Waals surface area contributed by atoms with Crippen molar-refractivity contribution in [2.45, 2.75) is 25.9 Å². The number of hydrogen-bond donors (Lipinski definition) is 1. The van der Waals surface area contributed by atoms with Gasteiger partial charge in [0.05, 0.1) is 24.2 Å². The van der Waals surface area contributed by atoms with Crippen LogP contribution in [-0.4, -0.2) is 46.1 Å². The van der Waals surface area contributed by atoms with E-state index in [0.29, 0.717) is 17.6 Å². The van der Waals surface area contributed by atoms with Gasteiger partial charge >= 0.3 is 0 Å². The molecule has 1 aliphatic rings. The van der Waals surface area contributed by atoms with E-state index >= 15 is 0 Å². The Labute approximate surface area is 145 Å². The molecule has 2 aromatic rings. The third-order valence-electron chi connectivity index (χ3n) is 4.35. The molecular weight excluding hydrogens is 328 g/mol. The molecule has 1 amide bonds. The number of fused-ring (bicyclic) bond motifs is 1. The molecule has 6 nitrogen and oxygen atoms in total. The number of carbonyl (C=O) groups is 1. The second-order valence-electron chi connectivity index (χ2n) is 5.98. The van der Waals surface area contributed by atoms with Gasteiger partial charge in [-0.2, -0.15) is 5.10 Å². The SMILES string of the molecule is O=C(CCl)NCc1nn(CCN2CCCC2)c(=O)c2ccccc12. The molecule has 1 fully saturated rings. The second kappa shape index (κ2) is 7.77. The highest BCUT2D eigenvalue weighted by Crippen LogP contribution is 2.13. The van der Waals surface area contributed by atoms with Crippen LogP contribution >= 0.6 is 11.6 Å². The molecule has 1 aliphatic heterocycles. The highest BCUT2D eigenvalue weighted by atomic mass is 35.5. The summed E-state index contributed by atoms with van der Waals surface area (Å²) in [5, 5.41) is 8.61. The maximum absolute atomic E-state index is 12.7. The van der Waals surface area contributed by atoms with Crippen molar-refractivity contribution in [3.8, 4) is 0 Å². The zero-order valence-electron chi connectivity index (χ0n) is 13.5. The van der Waals surface area contributed by atoms with Crippen molar-refractivity contribution in [1.82, 2.24) is 20.0 Å². The summed E-state index contributed by atoms with van der Waals surface area (Å²) < 4.78 is 1.52. The summed E-state index contributed by atoms with van der Waals surface area (Å²) in [5.41, 5.74) is 0.599. The predicted octanol–water partition coefficient (Wildman–Crippen LogP) is 1.35. The summed E-state index contributed by atoms with van der Waals surface area (Å²) in [4.78, 5) is 26.4. The molecule has 1 N–H and O–H groups in total. The average molecular weight is 349 g/mol. The van der Waals surface area contributed by atoms with Crippen molar-refractivity contribution in [3.63, 3.8) is 0 Å². The van der Waals surface area contributed by atoms with E-state index < -0.39 is 0 Å². The van der Waals surface area contributed by atoms with Crippen LogP contribution in [0, 0.1) is 0 Å². The Morgan fingerprint density at radius 3 is 2.58 bits per heavy atom. The lowest BCUT2D eigenvalue weighted by Crippen LogP contribution is -2.32. The summed E-state index contributed by atoms with van der Waals surface area (Å²) >= 11 is 5.52. The number of aromatic nitrogens is 2. The van der Waals surface area contributed by atoms with Crippen LogP contribution in [0.4, 0.5) is 0 Å². The number of carbonyl (C=O) groups excluding carboxylic acids is 1. The molecule has 1 aromatic heterocycles. The first-order chi connectivity index (χ1) is 11.7. The number of alkyl halides is 1. The fourth-order valence-corrected chi connectivity index (χ4v) is 3.15. The molecule has 7 heteroatoms. The van der Waals surface area contributed by atoms with Crippen molar-refractivity contribution >= 4 is 28.3 Å². The molecule has 0 bridgehead atoms. The average Bonchev–Trinajstić information content (AvgIpc) is 3.13. The quantitative estimate of drug-likeness (QED) is 0.800. The second-order valence-corrected chi connectivity index (χ2v) is 6.25.